The van der Waals surface area contributed by atoms with Gasteiger partial charge < -0.3 is 9.84 Å². The lowest BCUT2D eigenvalue weighted by molar-refractivity contribution is -0.131. The predicted molar refractivity (Wildman–Crippen MR) is 82.2 cm³/mol. The molecule has 3 nitrogen and oxygen atoms in total. The second-order valence-corrected chi connectivity index (χ2v) is 5.97. The van der Waals surface area contributed by atoms with Gasteiger partial charge in [-0.1, -0.05) is 33.8 Å². The summed E-state index contributed by atoms with van der Waals surface area (Å²) < 4.78 is 5.79. The number of allylic oxidation sites excluding steroid dienone is 1. The van der Waals surface area contributed by atoms with Crippen molar-refractivity contribution >= 4 is 11.5 Å². The summed E-state index contributed by atoms with van der Waals surface area (Å²) in [5, 5.41) is 8.84. The highest BCUT2D eigenvalue weighted by Gasteiger charge is 2.20. The SMILES string of the molecule is CCCOc1ccc(/C(C)=C/C(=O)O)cc1C(C)(C)C. The fourth-order valence-electron chi connectivity index (χ4n) is 1.97. The summed E-state index contributed by atoms with van der Waals surface area (Å²) in [5.41, 5.74) is 2.70. The van der Waals surface area contributed by atoms with Crippen molar-refractivity contribution < 1.29 is 14.6 Å². The van der Waals surface area contributed by atoms with Crippen LogP contribution < -0.4 is 4.74 Å². The zero-order valence-electron chi connectivity index (χ0n) is 13.0. The van der Waals surface area contributed by atoms with E-state index in [2.05, 4.69) is 27.7 Å². The van der Waals surface area contributed by atoms with Crippen LogP contribution >= 0.6 is 0 Å². The summed E-state index contributed by atoms with van der Waals surface area (Å²) in [6.45, 7) is 10.9. The second kappa shape index (κ2) is 6.60. The minimum Gasteiger partial charge on any atom is -0.493 e. The lowest BCUT2D eigenvalue weighted by atomic mass is 9.84. The molecule has 0 unspecified atom stereocenters. The fraction of sp³-hybridized carbons (Fsp3) is 0.471. The standard InChI is InChI=1S/C17H24O3/c1-6-9-20-15-8-7-13(12(2)10-16(18)19)11-14(15)17(3,4)5/h7-8,10-11H,6,9H2,1-5H3,(H,18,19)/b12-10+. The first-order valence-electron chi connectivity index (χ1n) is 6.94. The monoisotopic (exact) mass is 276 g/mol. The molecular weight excluding hydrogens is 252 g/mol. The molecule has 0 spiro atoms. The number of carboxylic acid groups (broad SMARTS) is 1. The third-order valence-corrected chi connectivity index (χ3v) is 3.04. The quantitative estimate of drug-likeness (QED) is 0.817. The predicted octanol–water partition coefficient (Wildman–Crippen LogP) is 4.26. The molecule has 0 bridgehead atoms. The molecule has 1 aromatic carbocycles. The molecule has 1 rings (SSSR count). The van der Waals surface area contributed by atoms with Gasteiger partial charge >= 0.3 is 5.97 Å². The number of aliphatic carboxylic acids is 1. The number of hydrogen-bond donors (Lipinski definition) is 1. The Bertz CT molecular complexity index is 507. The Balaban J connectivity index is 3.24. The maximum absolute atomic E-state index is 10.8. The van der Waals surface area contributed by atoms with Crippen molar-refractivity contribution in [3.8, 4) is 5.75 Å². The molecular formula is C17H24O3. The molecule has 0 heterocycles. The molecule has 0 atom stereocenters. The van der Waals surface area contributed by atoms with Crippen LogP contribution in [-0.2, 0) is 10.2 Å². The second-order valence-electron chi connectivity index (χ2n) is 5.97. The van der Waals surface area contributed by atoms with Crippen molar-refractivity contribution in [1.82, 2.24) is 0 Å². The van der Waals surface area contributed by atoms with Crippen LogP contribution in [-0.4, -0.2) is 17.7 Å². The Morgan fingerprint density at radius 2 is 2.00 bits per heavy atom. The zero-order chi connectivity index (χ0) is 15.3. The number of ether oxygens (including phenoxy) is 1. The van der Waals surface area contributed by atoms with E-state index in [1.165, 1.54) is 6.08 Å². The first kappa shape index (κ1) is 16.3. The van der Waals surface area contributed by atoms with Crippen LogP contribution in [0.4, 0.5) is 0 Å². The van der Waals surface area contributed by atoms with E-state index in [0.717, 1.165) is 28.9 Å². The Hall–Kier alpha value is -1.77. The van der Waals surface area contributed by atoms with E-state index in [9.17, 15) is 4.79 Å². The molecule has 0 fully saturated rings. The van der Waals surface area contributed by atoms with Gasteiger partial charge in [-0.3, -0.25) is 0 Å². The van der Waals surface area contributed by atoms with Crippen molar-refractivity contribution in [2.24, 2.45) is 0 Å². The number of rotatable bonds is 5. The zero-order valence-corrected chi connectivity index (χ0v) is 13.0. The Kier molecular flexibility index (Phi) is 5.37. The third kappa shape index (κ3) is 4.41. The van der Waals surface area contributed by atoms with Crippen LogP contribution in [0.1, 0.15) is 52.2 Å². The van der Waals surface area contributed by atoms with E-state index < -0.39 is 5.97 Å². The molecule has 3 heteroatoms. The van der Waals surface area contributed by atoms with Gasteiger partial charge in [-0.15, -0.1) is 0 Å². The summed E-state index contributed by atoms with van der Waals surface area (Å²) in [5.74, 6) is -0.0441. The molecule has 0 aliphatic carbocycles. The summed E-state index contributed by atoms with van der Waals surface area (Å²) >= 11 is 0. The van der Waals surface area contributed by atoms with Crippen LogP contribution in [0, 0.1) is 0 Å². The van der Waals surface area contributed by atoms with Gasteiger partial charge in [0.15, 0.2) is 0 Å². The average molecular weight is 276 g/mol. The maximum Gasteiger partial charge on any atom is 0.328 e. The largest absolute Gasteiger partial charge is 0.493 e. The van der Waals surface area contributed by atoms with Crippen molar-refractivity contribution in [3.63, 3.8) is 0 Å². The van der Waals surface area contributed by atoms with Gasteiger partial charge in [-0.2, -0.15) is 0 Å². The third-order valence-electron chi connectivity index (χ3n) is 3.04. The summed E-state index contributed by atoms with van der Waals surface area (Å²) in [6, 6.07) is 5.87. The highest BCUT2D eigenvalue weighted by Crippen LogP contribution is 2.33. The molecule has 110 valence electrons. The van der Waals surface area contributed by atoms with Crippen molar-refractivity contribution in [1.29, 1.82) is 0 Å². The van der Waals surface area contributed by atoms with Gasteiger partial charge in [0.1, 0.15) is 5.75 Å². The van der Waals surface area contributed by atoms with E-state index in [-0.39, 0.29) is 5.41 Å². The Morgan fingerprint density at radius 1 is 1.35 bits per heavy atom. The van der Waals surface area contributed by atoms with Gasteiger partial charge in [0.05, 0.1) is 6.61 Å². The normalized spacial score (nSPS) is 12.3. The molecule has 0 amide bonds. The minimum atomic E-state index is -0.925. The summed E-state index contributed by atoms with van der Waals surface area (Å²) in [6.07, 6.45) is 2.19. The lowest BCUT2D eigenvalue weighted by Crippen LogP contribution is -2.14. The Morgan fingerprint density at radius 3 is 2.50 bits per heavy atom. The summed E-state index contributed by atoms with van der Waals surface area (Å²) in [4.78, 5) is 10.8. The highest BCUT2D eigenvalue weighted by atomic mass is 16.5. The molecule has 0 aliphatic rings. The molecule has 0 aliphatic heterocycles. The molecule has 1 N–H and O–H groups in total. The number of carboxylic acids is 1. The van der Waals surface area contributed by atoms with Gasteiger partial charge in [0.2, 0.25) is 0 Å². The highest BCUT2D eigenvalue weighted by molar-refractivity contribution is 5.89. The first-order valence-corrected chi connectivity index (χ1v) is 6.94. The van der Waals surface area contributed by atoms with E-state index in [0.29, 0.717) is 6.61 Å². The smallest absolute Gasteiger partial charge is 0.328 e. The molecule has 20 heavy (non-hydrogen) atoms. The van der Waals surface area contributed by atoms with E-state index >= 15 is 0 Å². The van der Waals surface area contributed by atoms with E-state index in [1.54, 1.807) is 0 Å². The van der Waals surface area contributed by atoms with Crippen LogP contribution in [0.5, 0.6) is 5.75 Å². The van der Waals surface area contributed by atoms with E-state index in [1.807, 2.05) is 25.1 Å². The maximum atomic E-state index is 10.8. The van der Waals surface area contributed by atoms with E-state index in [4.69, 9.17) is 9.84 Å². The van der Waals surface area contributed by atoms with Crippen LogP contribution in [0.3, 0.4) is 0 Å². The number of benzene rings is 1. The fourth-order valence-corrected chi connectivity index (χ4v) is 1.97. The van der Waals surface area contributed by atoms with Gasteiger partial charge in [0.25, 0.3) is 0 Å². The van der Waals surface area contributed by atoms with Gasteiger partial charge in [-0.05, 0) is 42.0 Å². The lowest BCUT2D eigenvalue weighted by Gasteiger charge is -2.24. The van der Waals surface area contributed by atoms with Crippen LogP contribution in [0.25, 0.3) is 5.57 Å². The molecule has 0 saturated heterocycles. The topological polar surface area (TPSA) is 46.5 Å². The molecule has 0 saturated carbocycles. The van der Waals surface area contributed by atoms with Crippen molar-refractivity contribution in [2.75, 3.05) is 6.61 Å². The number of carbonyl (C=O) groups is 1. The van der Waals surface area contributed by atoms with Gasteiger partial charge in [-0.25, -0.2) is 4.79 Å². The summed E-state index contributed by atoms with van der Waals surface area (Å²) in [7, 11) is 0. The van der Waals surface area contributed by atoms with Crippen LogP contribution in [0.15, 0.2) is 24.3 Å². The average Bonchev–Trinajstić information content (AvgIpc) is 2.34. The first-order chi connectivity index (χ1) is 9.25. The van der Waals surface area contributed by atoms with Crippen LogP contribution in [0.2, 0.25) is 0 Å². The van der Waals surface area contributed by atoms with Crippen molar-refractivity contribution in [3.05, 3.63) is 35.4 Å². The minimum absolute atomic E-state index is 0.0530. The molecule has 0 radical (unpaired) electrons. The molecule has 0 aromatic heterocycles. The Labute approximate surface area is 121 Å². The number of hydrogen-bond acceptors (Lipinski definition) is 2. The van der Waals surface area contributed by atoms with Crippen molar-refractivity contribution in [2.45, 2.75) is 46.5 Å². The molecule has 1 aromatic rings. The van der Waals surface area contributed by atoms with Gasteiger partial charge in [0, 0.05) is 11.6 Å².